The Balaban J connectivity index is 1.72. The second-order valence-corrected chi connectivity index (χ2v) is 7.09. The molecular weight excluding hydrogens is 369 g/mol. The Kier molecular flexibility index (Phi) is 6.49. The van der Waals surface area contributed by atoms with E-state index in [-0.39, 0.29) is 24.0 Å². The smallest absolute Gasteiger partial charge is 0.357 e. The highest BCUT2D eigenvalue weighted by atomic mass is 32.2. The molecule has 1 saturated heterocycles. The van der Waals surface area contributed by atoms with Gasteiger partial charge in [0, 0.05) is 18.8 Å². The standard InChI is InChI=1S/C19H22FN3O3S/c1-27-19-21-12-16(23(19)15-8-6-14(20)7-9-15)18(25)26-13-17(24)22-10-4-2-3-5-11-22/h6-9,12H,2-5,10-11,13H2,1H3. The second kappa shape index (κ2) is 9.03. The third-order valence-corrected chi connectivity index (χ3v) is 5.14. The zero-order valence-corrected chi connectivity index (χ0v) is 16.0. The number of aromatic nitrogens is 2. The van der Waals surface area contributed by atoms with Crippen molar-refractivity contribution in [3.63, 3.8) is 0 Å². The summed E-state index contributed by atoms with van der Waals surface area (Å²) in [7, 11) is 0. The zero-order chi connectivity index (χ0) is 19.2. The molecule has 0 aliphatic carbocycles. The van der Waals surface area contributed by atoms with Crippen molar-refractivity contribution >= 4 is 23.6 Å². The number of hydrogen-bond acceptors (Lipinski definition) is 5. The van der Waals surface area contributed by atoms with E-state index in [9.17, 15) is 14.0 Å². The first-order valence-electron chi connectivity index (χ1n) is 8.92. The SMILES string of the molecule is CSc1ncc(C(=O)OCC(=O)N2CCCCCC2)n1-c1ccc(F)cc1. The van der Waals surface area contributed by atoms with E-state index >= 15 is 0 Å². The van der Waals surface area contributed by atoms with Crippen molar-refractivity contribution in [1.82, 2.24) is 14.5 Å². The van der Waals surface area contributed by atoms with E-state index in [2.05, 4.69) is 4.98 Å². The van der Waals surface area contributed by atoms with Gasteiger partial charge in [0.05, 0.1) is 6.20 Å². The second-order valence-electron chi connectivity index (χ2n) is 6.31. The number of carbonyl (C=O) groups excluding carboxylic acids is 2. The van der Waals surface area contributed by atoms with E-state index in [1.165, 1.54) is 30.1 Å². The average Bonchev–Trinajstić information content (AvgIpc) is 2.92. The van der Waals surface area contributed by atoms with Crippen LogP contribution in [0.5, 0.6) is 0 Å². The van der Waals surface area contributed by atoms with Crippen LogP contribution < -0.4 is 0 Å². The van der Waals surface area contributed by atoms with Gasteiger partial charge < -0.3 is 9.64 Å². The van der Waals surface area contributed by atoms with Crippen molar-refractivity contribution in [3.05, 3.63) is 42.0 Å². The highest BCUT2D eigenvalue weighted by molar-refractivity contribution is 7.98. The van der Waals surface area contributed by atoms with Crippen LogP contribution in [0.1, 0.15) is 36.2 Å². The average molecular weight is 391 g/mol. The fraction of sp³-hybridized carbons (Fsp3) is 0.421. The van der Waals surface area contributed by atoms with Crippen molar-refractivity contribution in [2.75, 3.05) is 26.0 Å². The van der Waals surface area contributed by atoms with Crippen LogP contribution in [0.15, 0.2) is 35.6 Å². The van der Waals surface area contributed by atoms with Gasteiger partial charge in [-0.15, -0.1) is 0 Å². The quantitative estimate of drug-likeness (QED) is 0.578. The molecule has 0 radical (unpaired) electrons. The Labute approximate surface area is 161 Å². The molecule has 1 aliphatic heterocycles. The minimum atomic E-state index is -0.629. The number of nitrogens with zero attached hydrogens (tertiary/aromatic N) is 3. The predicted octanol–water partition coefficient (Wildman–Crippen LogP) is 3.29. The van der Waals surface area contributed by atoms with E-state index < -0.39 is 5.97 Å². The number of likely N-dealkylation sites (tertiary alicyclic amines) is 1. The molecule has 1 fully saturated rings. The highest BCUT2D eigenvalue weighted by Gasteiger charge is 2.22. The molecule has 0 bridgehead atoms. The van der Waals surface area contributed by atoms with Gasteiger partial charge in [0.15, 0.2) is 17.5 Å². The summed E-state index contributed by atoms with van der Waals surface area (Å²) >= 11 is 1.36. The molecule has 6 nitrogen and oxygen atoms in total. The maximum atomic E-state index is 13.2. The van der Waals surface area contributed by atoms with Gasteiger partial charge in [-0.3, -0.25) is 9.36 Å². The number of hydrogen-bond donors (Lipinski definition) is 0. The predicted molar refractivity (Wildman–Crippen MR) is 101 cm³/mol. The number of esters is 1. The molecule has 3 rings (SSSR count). The van der Waals surface area contributed by atoms with E-state index in [1.54, 1.807) is 21.6 Å². The first-order valence-corrected chi connectivity index (χ1v) is 10.1. The largest absolute Gasteiger partial charge is 0.451 e. The molecule has 1 aromatic carbocycles. The van der Waals surface area contributed by atoms with E-state index in [1.807, 2.05) is 6.26 Å². The van der Waals surface area contributed by atoms with Gasteiger partial charge in [-0.1, -0.05) is 24.6 Å². The molecule has 0 N–H and O–H groups in total. The summed E-state index contributed by atoms with van der Waals surface area (Å²) in [4.78, 5) is 30.8. The Morgan fingerprint density at radius 2 is 1.81 bits per heavy atom. The van der Waals surface area contributed by atoms with E-state index in [0.29, 0.717) is 23.9 Å². The monoisotopic (exact) mass is 391 g/mol. The van der Waals surface area contributed by atoms with E-state index in [0.717, 1.165) is 25.7 Å². The molecule has 1 amide bonds. The summed E-state index contributed by atoms with van der Waals surface area (Å²) in [5.41, 5.74) is 0.804. The molecule has 2 heterocycles. The lowest BCUT2D eigenvalue weighted by Crippen LogP contribution is -2.35. The number of imidazole rings is 1. The summed E-state index contributed by atoms with van der Waals surface area (Å²) in [6.07, 6.45) is 7.45. The summed E-state index contributed by atoms with van der Waals surface area (Å²) in [5, 5.41) is 0.576. The normalized spacial score (nSPS) is 14.7. The van der Waals surface area contributed by atoms with E-state index in [4.69, 9.17) is 4.74 Å². The molecule has 2 aromatic rings. The maximum Gasteiger partial charge on any atom is 0.357 e. The molecule has 0 unspecified atom stereocenters. The maximum absolute atomic E-state index is 13.2. The zero-order valence-electron chi connectivity index (χ0n) is 15.2. The topological polar surface area (TPSA) is 64.4 Å². The summed E-state index contributed by atoms with van der Waals surface area (Å²) in [5.74, 6) is -1.17. The molecular formula is C19H22FN3O3S. The minimum absolute atomic E-state index is 0.178. The first-order chi connectivity index (χ1) is 13.1. The molecule has 8 heteroatoms. The van der Waals surface area contributed by atoms with Gasteiger partial charge >= 0.3 is 5.97 Å². The van der Waals surface area contributed by atoms with Gasteiger partial charge in [0.25, 0.3) is 5.91 Å². The summed E-state index contributed by atoms with van der Waals surface area (Å²) in [6, 6.07) is 5.76. The van der Waals surface area contributed by atoms with Crippen molar-refractivity contribution in [1.29, 1.82) is 0 Å². The molecule has 27 heavy (non-hydrogen) atoms. The van der Waals surface area contributed by atoms with Crippen LogP contribution in [-0.4, -0.2) is 52.3 Å². The molecule has 0 spiro atoms. The van der Waals surface area contributed by atoms with Gasteiger partial charge in [0.2, 0.25) is 0 Å². The Bertz CT molecular complexity index is 799. The molecule has 0 saturated carbocycles. The lowest BCUT2D eigenvalue weighted by Gasteiger charge is -2.20. The van der Waals surface area contributed by atoms with Gasteiger partial charge in [-0.05, 0) is 43.4 Å². The van der Waals surface area contributed by atoms with Crippen molar-refractivity contribution in [3.8, 4) is 5.69 Å². The van der Waals surface area contributed by atoms with Crippen LogP contribution >= 0.6 is 11.8 Å². The lowest BCUT2D eigenvalue weighted by atomic mass is 10.2. The minimum Gasteiger partial charge on any atom is -0.451 e. The highest BCUT2D eigenvalue weighted by Crippen LogP contribution is 2.22. The number of halogens is 1. The van der Waals surface area contributed by atoms with Crippen LogP contribution in [0.2, 0.25) is 0 Å². The third-order valence-electron chi connectivity index (χ3n) is 4.49. The van der Waals surface area contributed by atoms with Crippen molar-refractivity contribution in [2.24, 2.45) is 0 Å². The first kappa shape index (κ1) is 19.4. The third kappa shape index (κ3) is 4.68. The molecule has 144 valence electrons. The Morgan fingerprint density at radius 3 is 2.44 bits per heavy atom. The van der Waals surface area contributed by atoms with Gasteiger partial charge in [0.1, 0.15) is 5.82 Å². The van der Waals surface area contributed by atoms with Crippen LogP contribution in [0.25, 0.3) is 5.69 Å². The lowest BCUT2D eigenvalue weighted by molar-refractivity contribution is -0.134. The number of rotatable bonds is 5. The molecule has 1 aliphatic rings. The van der Waals surface area contributed by atoms with Crippen LogP contribution in [-0.2, 0) is 9.53 Å². The number of thioether (sulfide) groups is 1. The number of ether oxygens (including phenoxy) is 1. The van der Waals surface area contributed by atoms with Crippen molar-refractivity contribution in [2.45, 2.75) is 30.8 Å². The van der Waals surface area contributed by atoms with Crippen LogP contribution in [0.4, 0.5) is 4.39 Å². The van der Waals surface area contributed by atoms with Crippen molar-refractivity contribution < 1.29 is 18.7 Å². The van der Waals surface area contributed by atoms with Gasteiger partial charge in [-0.2, -0.15) is 0 Å². The number of amides is 1. The Hall–Kier alpha value is -2.35. The molecule has 0 atom stereocenters. The van der Waals surface area contributed by atoms with Crippen LogP contribution in [0, 0.1) is 5.82 Å². The summed E-state index contributed by atoms with van der Waals surface area (Å²) < 4.78 is 20.1. The Morgan fingerprint density at radius 1 is 1.15 bits per heavy atom. The summed E-state index contributed by atoms with van der Waals surface area (Å²) in [6.45, 7) is 1.13. The van der Waals surface area contributed by atoms with Crippen LogP contribution in [0.3, 0.4) is 0 Å². The fourth-order valence-corrected chi connectivity index (χ4v) is 3.62. The van der Waals surface area contributed by atoms with Gasteiger partial charge in [-0.25, -0.2) is 14.2 Å². The number of benzene rings is 1. The molecule has 1 aromatic heterocycles. The fourth-order valence-electron chi connectivity index (χ4n) is 3.08. The number of carbonyl (C=O) groups is 2.